The summed E-state index contributed by atoms with van der Waals surface area (Å²) in [6.45, 7) is 9.96. The maximum Gasteiger partial charge on any atom is 0.329 e. The Morgan fingerprint density at radius 3 is 2.44 bits per heavy atom. The van der Waals surface area contributed by atoms with E-state index in [-0.39, 0.29) is 36.7 Å². The number of hydrogen-bond acceptors (Lipinski definition) is 8. The summed E-state index contributed by atoms with van der Waals surface area (Å²) < 4.78 is 17.3. The average Bonchev–Trinajstić information content (AvgIpc) is 2.93. The van der Waals surface area contributed by atoms with E-state index >= 15 is 0 Å². The molecule has 0 aromatic carbocycles. The van der Waals surface area contributed by atoms with E-state index in [2.05, 4.69) is 6.92 Å². The molecule has 0 bridgehead atoms. The van der Waals surface area contributed by atoms with Crippen LogP contribution in [0.25, 0.3) is 0 Å². The van der Waals surface area contributed by atoms with Crippen LogP contribution in [0, 0.1) is 23.7 Å². The summed E-state index contributed by atoms with van der Waals surface area (Å²) in [7, 11) is 1.63. The van der Waals surface area contributed by atoms with E-state index in [1.807, 2.05) is 20.8 Å². The summed E-state index contributed by atoms with van der Waals surface area (Å²) >= 11 is 0. The lowest BCUT2D eigenvalue weighted by molar-refractivity contribution is -0.269. The molecule has 9 heteroatoms. The molecule has 0 radical (unpaired) electrons. The predicted octanol–water partition coefficient (Wildman–Crippen LogP) is 3.62. The van der Waals surface area contributed by atoms with Crippen LogP contribution in [0.15, 0.2) is 0 Å². The first kappa shape index (κ1) is 32.0. The zero-order chi connectivity index (χ0) is 28.9. The molecule has 0 spiro atoms. The number of aliphatic hydroxyl groups excluding tert-OH is 1. The number of Topliss-reactive ketones (excluding diaryl/α,β-unsaturated/α-hetero) is 1. The Morgan fingerprint density at radius 1 is 1.08 bits per heavy atom. The highest BCUT2D eigenvalue weighted by molar-refractivity contribution is 6.39. The standard InChI is InChI=1S/C30H51NO8/c1-7-24(19(4)16-21-12-13-23(32)26(17-21)37-6)38-29(35)22-10-8-9-15-31(22)28(34)27(33)30(36)20(5)11-14-25(39-30)18(2)3/h18-26,32,36H,7-17H2,1-6H3. The average molecular weight is 554 g/mol. The quantitative estimate of drug-likeness (QED) is 0.311. The van der Waals surface area contributed by atoms with Crippen LogP contribution in [-0.2, 0) is 28.6 Å². The van der Waals surface area contributed by atoms with Crippen molar-refractivity contribution < 1.29 is 38.8 Å². The highest BCUT2D eigenvalue weighted by Crippen LogP contribution is 2.37. The molecule has 2 aliphatic heterocycles. The minimum atomic E-state index is -2.19. The van der Waals surface area contributed by atoms with Crippen LogP contribution >= 0.6 is 0 Å². The highest BCUT2D eigenvalue weighted by atomic mass is 16.6. The monoisotopic (exact) mass is 553 g/mol. The summed E-state index contributed by atoms with van der Waals surface area (Å²) in [6, 6.07) is -0.859. The van der Waals surface area contributed by atoms with Crippen LogP contribution in [0.2, 0.25) is 0 Å². The van der Waals surface area contributed by atoms with Crippen LogP contribution in [0.3, 0.4) is 0 Å². The normalized spacial score (nSPS) is 35.4. The van der Waals surface area contributed by atoms with E-state index in [9.17, 15) is 24.6 Å². The van der Waals surface area contributed by atoms with Crippen molar-refractivity contribution in [2.24, 2.45) is 23.7 Å². The smallest absolute Gasteiger partial charge is 0.329 e. The second-order valence-electron chi connectivity index (χ2n) is 12.5. The third kappa shape index (κ3) is 7.40. The lowest BCUT2D eigenvalue weighted by Crippen LogP contribution is -2.61. The van der Waals surface area contributed by atoms with Gasteiger partial charge in [-0.2, -0.15) is 0 Å². The predicted molar refractivity (Wildman–Crippen MR) is 146 cm³/mol. The Labute approximate surface area is 233 Å². The van der Waals surface area contributed by atoms with E-state index in [0.717, 1.165) is 25.7 Å². The molecular weight excluding hydrogens is 502 g/mol. The number of carbonyl (C=O) groups excluding carboxylic acids is 3. The van der Waals surface area contributed by atoms with Crippen molar-refractivity contribution in [3.63, 3.8) is 0 Å². The van der Waals surface area contributed by atoms with Crippen LogP contribution < -0.4 is 0 Å². The summed E-state index contributed by atoms with van der Waals surface area (Å²) in [5.41, 5.74) is 0. The molecule has 2 N–H and O–H groups in total. The van der Waals surface area contributed by atoms with Crippen molar-refractivity contribution in [3.8, 4) is 0 Å². The minimum Gasteiger partial charge on any atom is -0.461 e. The van der Waals surface area contributed by atoms with Gasteiger partial charge < -0.3 is 29.3 Å². The summed E-state index contributed by atoms with van der Waals surface area (Å²) in [6.07, 6.45) is 5.76. The lowest BCUT2D eigenvalue weighted by atomic mass is 9.79. The van der Waals surface area contributed by atoms with Crippen molar-refractivity contribution in [3.05, 3.63) is 0 Å². The lowest BCUT2D eigenvalue weighted by Gasteiger charge is -2.43. The number of ketones is 1. The fraction of sp³-hybridized carbons (Fsp3) is 0.900. The first-order valence-corrected chi connectivity index (χ1v) is 15.1. The molecule has 3 fully saturated rings. The number of ether oxygens (including phenoxy) is 3. The third-order valence-corrected chi connectivity index (χ3v) is 9.36. The van der Waals surface area contributed by atoms with Gasteiger partial charge in [-0.1, -0.05) is 34.6 Å². The molecule has 3 rings (SSSR count). The zero-order valence-electron chi connectivity index (χ0n) is 24.8. The van der Waals surface area contributed by atoms with Crippen molar-refractivity contribution in [2.75, 3.05) is 13.7 Å². The molecule has 2 heterocycles. The Morgan fingerprint density at radius 2 is 1.79 bits per heavy atom. The van der Waals surface area contributed by atoms with Crippen molar-refractivity contribution >= 4 is 17.7 Å². The van der Waals surface area contributed by atoms with E-state index in [0.29, 0.717) is 44.4 Å². The molecule has 1 saturated carbocycles. The number of aliphatic hydroxyl groups is 2. The van der Waals surface area contributed by atoms with Crippen molar-refractivity contribution in [1.82, 2.24) is 4.90 Å². The zero-order valence-corrected chi connectivity index (χ0v) is 24.8. The number of amides is 1. The summed E-state index contributed by atoms with van der Waals surface area (Å²) in [5, 5.41) is 21.4. The number of likely N-dealkylation sites (tertiary alicyclic amines) is 1. The fourth-order valence-corrected chi connectivity index (χ4v) is 6.64. The fourth-order valence-electron chi connectivity index (χ4n) is 6.64. The molecule has 39 heavy (non-hydrogen) atoms. The first-order valence-electron chi connectivity index (χ1n) is 15.1. The van der Waals surface area contributed by atoms with Crippen molar-refractivity contribution in [1.29, 1.82) is 0 Å². The van der Waals surface area contributed by atoms with Crippen LogP contribution in [0.1, 0.15) is 98.8 Å². The van der Waals surface area contributed by atoms with E-state index in [1.54, 1.807) is 14.0 Å². The van der Waals surface area contributed by atoms with E-state index < -0.39 is 41.5 Å². The van der Waals surface area contributed by atoms with Gasteiger partial charge in [0.25, 0.3) is 11.7 Å². The van der Waals surface area contributed by atoms with Crippen LogP contribution in [-0.4, -0.2) is 82.7 Å². The Balaban J connectivity index is 1.66. The Kier molecular flexibility index (Phi) is 11.4. The van der Waals surface area contributed by atoms with Gasteiger partial charge in [-0.15, -0.1) is 0 Å². The molecule has 9 unspecified atom stereocenters. The molecule has 2 saturated heterocycles. The maximum absolute atomic E-state index is 13.5. The number of esters is 1. The van der Waals surface area contributed by atoms with Gasteiger partial charge >= 0.3 is 5.97 Å². The number of rotatable bonds is 10. The molecule has 3 aliphatic rings. The van der Waals surface area contributed by atoms with Gasteiger partial charge in [0.1, 0.15) is 12.1 Å². The van der Waals surface area contributed by atoms with Gasteiger partial charge in [0.05, 0.1) is 18.3 Å². The molecule has 0 aromatic rings. The molecular formula is C30H51NO8. The van der Waals surface area contributed by atoms with Gasteiger partial charge in [0, 0.05) is 19.6 Å². The van der Waals surface area contributed by atoms with Crippen molar-refractivity contribution in [2.45, 2.75) is 135 Å². The first-order chi connectivity index (χ1) is 18.4. The number of hydrogen-bond donors (Lipinski definition) is 2. The molecule has 224 valence electrons. The molecule has 1 aliphatic carbocycles. The Hall–Kier alpha value is -1.55. The number of methoxy groups -OCH3 is 1. The largest absolute Gasteiger partial charge is 0.461 e. The van der Waals surface area contributed by atoms with Gasteiger partial charge in [-0.05, 0) is 82.0 Å². The van der Waals surface area contributed by atoms with Gasteiger partial charge in [0.15, 0.2) is 0 Å². The third-order valence-electron chi connectivity index (χ3n) is 9.36. The molecule has 9 nitrogen and oxygen atoms in total. The van der Waals surface area contributed by atoms with Gasteiger partial charge in [0.2, 0.25) is 5.79 Å². The van der Waals surface area contributed by atoms with Crippen LogP contribution in [0.4, 0.5) is 0 Å². The number of carbonyl (C=O) groups is 3. The van der Waals surface area contributed by atoms with Crippen LogP contribution in [0.5, 0.6) is 0 Å². The minimum absolute atomic E-state index is 0.0937. The van der Waals surface area contributed by atoms with Gasteiger partial charge in [-0.3, -0.25) is 9.59 Å². The topological polar surface area (TPSA) is 123 Å². The molecule has 9 atom stereocenters. The molecule has 0 aromatic heterocycles. The number of nitrogens with zero attached hydrogens (tertiary/aromatic N) is 1. The molecule has 1 amide bonds. The highest BCUT2D eigenvalue weighted by Gasteiger charge is 2.53. The maximum atomic E-state index is 13.5. The van der Waals surface area contributed by atoms with E-state index in [1.165, 1.54) is 4.90 Å². The van der Waals surface area contributed by atoms with Gasteiger partial charge in [-0.25, -0.2) is 4.79 Å². The Bertz CT molecular complexity index is 849. The SMILES string of the molecule is CCC(OC(=O)C1CCCCN1C(=O)C(=O)C1(O)OC(C(C)C)CCC1C)C(C)CC1CCC(O)C(OC)C1. The second-order valence-corrected chi connectivity index (χ2v) is 12.5. The summed E-state index contributed by atoms with van der Waals surface area (Å²) in [5.74, 6) is -4.51. The van der Waals surface area contributed by atoms with E-state index in [4.69, 9.17) is 14.2 Å². The summed E-state index contributed by atoms with van der Waals surface area (Å²) in [4.78, 5) is 41.6. The second kappa shape index (κ2) is 13.9. The number of piperidine rings is 1.